The maximum atomic E-state index is 10.9. The molecule has 1 atom stereocenters. The zero-order chi connectivity index (χ0) is 13.7. The third-order valence-corrected chi connectivity index (χ3v) is 3.56. The highest BCUT2D eigenvalue weighted by atomic mass is 16.5. The fraction of sp³-hybridized carbons (Fsp3) is 0.533. The number of carboxylic acids is 1. The van der Waals surface area contributed by atoms with Crippen LogP contribution < -0.4 is 4.74 Å². The number of aliphatic carboxylic acids is 1. The van der Waals surface area contributed by atoms with E-state index < -0.39 is 5.97 Å². The molecular weight excluding hydrogens is 242 g/mol. The van der Waals surface area contributed by atoms with Crippen LogP contribution in [0, 0.1) is 0 Å². The summed E-state index contributed by atoms with van der Waals surface area (Å²) in [6, 6.07) is 8.16. The molecule has 104 valence electrons. The van der Waals surface area contributed by atoms with Crippen LogP contribution in [0.4, 0.5) is 0 Å². The number of nitrogens with zero attached hydrogens (tertiary/aromatic N) is 1. The van der Waals surface area contributed by atoms with E-state index in [1.54, 1.807) is 0 Å². The van der Waals surface area contributed by atoms with Gasteiger partial charge in [-0.2, -0.15) is 0 Å². The number of ether oxygens (including phenoxy) is 1. The van der Waals surface area contributed by atoms with Crippen LogP contribution in [0.3, 0.4) is 0 Å². The number of carboxylic acid groups (broad SMARTS) is 1. The average molecular weight is 263 g/mol. The number of carbonyl (C=O) groups is 1. The van der Waals surface area contributed by atoms with Crippen molar-refractivity contribution in [1.29, 1.82) is 0 Å². The Bertz CT molecular complexity index is 433. The van der Waals surface area contributed by atoms with Gasteiger partial charge >= 0.3 is 5.97 Å². The van der Waals surface area contributed by atoms with E-state index in [2.05, 4.69) is 11.0 Å². The second kappa shape index (κ2) is 6.57. The van der Waals surface area contributed by atoms with Crippen molar-refractivity contribution in [1.82, 2.24) is 4.90 Å². The Labute approximate surface area is 114 Å². The first-order valence-corrected chi connectivity index (χ1v) is 6.87. The van der Waals surface area contributed by atoms with E-state index in [-0.39, 0.29) is 12.5 Å². The van der Waals surface area contributed by atoms with E-state index in [4.69, 9.17) is 9.84 Å². The van der Waals surface area contributed by atoms with Crippen molar-refractivity contribution in [2.75, 3.05) is 13.2 Å². The van der Waals surface area contributed by atoms with Crippen LogP contribution >= 0.6 is 0 Å². The van der Waals surface area contributed by atoms with Crippen LogP contribution in [-0.2, 0) is 11.3 Å². The Hall–Kier alpha value is -1.55. The zero-order valence-corrected chi connectivity index (χ0v) is 11.3. The highest BCUT2D eigenvalue weighted by Crippen LogP contribution is 2.26. The molecule has 4 heteroatoms. The largest absolute Gasteiger partial charge is 0.494 e. The van der Waals surface area contributed by atoms with Crippen LogP contribution in [0.5, 0.6) is 5.75 Å². The third-order valence-electron chi connectivity index (χ3n) is 3.56. The van der Waals surface area contributed by atoms with Crippen molar-refractivity contribution in [2.24, 2.45) is 0 Å². The normalized spacial score (nSPS) is 19.5. The molecule has 1 N–H and O–H groups in total. The van der Waals surface area contributed by atoms with Crippen molar-refractivity contribution in [3.05, 3.63) is 29.8 Å². The fourth-order valence-corrected chi connectivity index (χ4v) is 2.69. The van der Waals surface area contributed by atoms with Gasteiger partial charge in [0, 0.05) is 18.2 Å². The number of para-hydroxylation sites is 1. The van der Waals surface area contributed by atoms with Gasteiger partial charge in [-0.25, -0.2) is 0 Å². The van der Waals surface area contributed by atoms with Gasteiger partial charge in [-0.05, 0) is 32.4 Å². The molecule has 2 rings (SSSR count). The SMILES string of the molecule is CCOc1ccccc1CN1CCCC1CC(=O)O. The van der Waals surface area contributed by atoms with Crippen LogP contribution in [-0.4, -0.2) is 35.2 Å². The molecule has 0 spiro atoms. The predicted molar refractivity (Wildman–Crippen MR) is 73.3 cm³/mol. The van der Waals surface area contributed by atoms with Crippen LogP contribution in [0.2, 0.25) is 0 Å². The molecule has 4 nitrogen and oxygen atoms in total. The lowest BCUT2D eigenvalue weighted by atomic mass is 10.1. The van der Waals surface area contributed by atoms with Crippen LogP contribution in [0.15, 0.2) is 24.3 Å². The summed E-state index contributed by atoms with van der Waals surface area (Å²) in [4.78, 5) is 13.1. The summed E-state index contributed by atoms with van der Waals surface area (Å²) >= 11 is 0. The Morgan fingerprint density at radius 3 is 3.00 bits per heavy atom. The number of hydrogen-bond acceptors (Lipinski definition) is 3. The molecule has 1 unspecified atom stereocenters. The van der Waals surface area contributed by atoms with E-state index in [0.717, 1.165) is 37.2 Å². The topological polar surface area (TPSA) is 49.8 Å². The lowest BCUT2D eigenvalue weighted by Crippen LogP contribution is -2.31. The van der Waals surface area contributed by atoms with E-state index in [1.807, 2.05) is 25.1 Å². The maximum absolute atomic E-state index is 10.9. The quantitative estimate of drug-likeness (QED) is 0.857. The molecule has 1 heterocycles. The van der Waals surface area contributed by atoms with Crippen LogP contribution in [0.1, 0.15) is 31.7 Å². The second-order valence-electron chi connectivity index (χ2n) is 4.91. The third kappa shape index (κ3) is 3.70. The van der Waals surface area contributed by atoms with E-state index >= 15 is 0 Å². The number of rotatable bonds is 6. The van der Waals surface area contributed by atoms with Crippen LogP contribution in [0.25, 0.3) is 0 Å². The monoisotopic (exact) mass is 263 g/mol. The summed E-state index contributed by atoms with van der Waals surface area (Å²) in [5, 5.41) is 8.95. The van der Waals surface area contributed by atoms with Gasteiger partial charge in [-0.3, -0.25) is 9.69 Å². The minimum absolute atomic E-state index is 0.159. The number of likely N-dealkylation sites (tertiary alicyclic amines) is 1. The van der Waals surface area contributed by atoms with Crippen molar-refractivity contribution in [3.8, 4) is 5.75 Å². The Balaban J connectivity index is 2.05. The Morgan fingerprint density at radius 1 is 1.47 bits per heavy atom. The van der Waals surface area contributed by atoms with Crippen molar-refractivity contribution in [3.63, 3.8) is 0 Å². The number of hydrogen-bond donors (Lipinski definition) is 1. The molecule has 1 aliphatic heterocycles. The molecule has 0 bridgehead atoms. The van der Waals surface area contributed by atoms with Gasteiger partial charge < -0.3 is 9.84 Å². The van der Waals surface area contributed by atoms with Crippen molar-refractivity contribution >= 4 is 5.97 Å². The van der Waals surface area contributed by atoms with Gasteiger partial charge in [0.25, 0.3) is 0 Å². The summed E-state index contributed by atoms with van der Waals surface area (Å²) in [7, 11) is 0. The molecule has 1 aromatic rings. The van der Waals surface area contributed by atoms with E-state index in [9.17, 15) is 4.79 Å². The minimum atomic E-state index is -0.713. The minimum Gasteiger partial charge on any atom is -0.494 e. The standard InChI is InChI=1S/C15H21NO3/c1-2-19-14-8-4-3-6-12(14)11-16-9-5-7-13(16)10-15(17)18/h3-4,6,8,13H,2,5,7,9-11H2,1H3,(H,17,18). The molecule has 0 aliphatic carbocycles. The van der Waals surface area contributed by atoms with Gasteiger partial charge in [-0.1, -0.05) is 18.2 Å². The van der Waals surface area contributed by atoms with Gasteiger partial charge in [-0.15, -0.1) is 0 Å². The van der Waals surface area contributed by atoms with Gasteiger partial charge in [0.15, 0.2) is 0 Å². The molecule has 19 heavy (non-hydrogen) atoms. The lowest BCUT2D eigenvalue weighted by molar-refractivity contribution is -0.138. The van der Waals surface area contributed by atoms with E-state index in [0.29, 0.717) is 6.61 Å². The lowest BCUT2D eigenvalue weighted by Gasteiger charge is -2.24. The van der Waals surface area contributed by atoms with Crippen molar-refractivity contribution < 1.29 is 14.6 Å². The van der Waals surface area contributed by atoms with Gasteiger partial charge in [0.1, 0.15) is 5.75 Å². The molecule has 1 aliphatic rings. The maximum Gasteiger partial charge on any atom is 0.304 e. The summed E-state index contributed by atoms with van der Waals surface area (Å²) in [6.07, 6.45) is 2.29. The summed E-state index contributed by atoms with van der Waals surface area (Å²) < 4.78 is 5.62. The first-order valence-electron chi connectivity index (χ1n) is 6.87. The first-order chi connectivity index (χ1) is 9.20. The van der Waals surface area contributed by atoms with E-state index in [1.165, 1.54) is 0 Å². The Kier molecular flexibility index (Phi) is 4.80. The van der Waals surface area contributed by atoms with Gasteiger partial charge in [0.2, 0.25) is 0 Å². The predicted octanol–water partition coefficient (Wildman–Crippen LogP) is 2.52. The summed E-state index contributed by atoms with van der Waals surface area (Å²) in [5.41, 5.74) is 1.14. The molecule has 1 fully saturated rings. The highest BCUT2D eigenvalue weighted by molar-refractivity contribution is 5.67. The average Bonchev–Trinajstić information content (AvgIpc) is 2.79. The Morgan fingerprint density at radius 2 is 2.26 bits per heavy atom. The fourth-order valence-electron chi connectivity index (χ4n) is 2.69. The molecule has 0 radical (unpaired) electrons. The first kappa shape index (κ1) is 13.9. The molecule has 0 aromatic heterocycles. The second-order valence-corrected chi connectivity index (χ2v) is 4.91. The summed E-state index contributed by atoms with van der Waals surface area (Å²) in [6.45, 7) is 4.36. The zero-order valence-electron chi connectivity index (χ0n) is 11.3. The number of benzene rings is 1. The molecule has 0 amide bonds. The summed E-state index contributed by atoms with van der Waals surface area (Å²) in [5.74, 6) is 0.195. The molecular formula is C15H21NO3. The molecule has 0 saturated carbocycles. The smallest absolute Gasteiger partial charge is 0.304 e. The highest BCUT2D eigenvalue weighted by Gasteiger charge is 2.27. The van der Waals surface area contributed by atoms with Crippen molar-refractivity contribution in [2.45, 2.75) is 38.8 Å². The molecule has 1 aromatic carbocycles. The molecule has 1 saturated heterocycles. The van der Waals surface area contributed by atoms with Gasteiger partial charge in [0.05, 0.1) is 13.0 Å².